The summed E-state index contributed by atoms with van der Waals surface area (Å²) in [5.74, 6) is 0.565. The molecule has 0 aromatic heterocycles. The molecule has 1 saturated carbocycles. The predicted octanol–water partition coefficient (Wildman–Crippen LogP) is 2.42. The van der Waals surface area contributed by atoms with Crippen LogP contribution in [0.5, 0.6) is 0 Å². The number of allylic oxidation sites excluding steroid dienone is 3. The molecule has 0 aromatic rings. The molecule has 4 nitrogen and oxygen atoms in total. The van der Waals surface area contributed by atoms with E-state index in [0.717, 1.165) is 25.8 Å². The van der Waals surface area contributed by atoms with E-state index in [0.29, 0.717) is 5.92 Å². The summed E-state index contributed by atoms with van der Waals surface area (Å²) < 4.78 is 0. The molecule has 2 amide bonds. The average Bonchev–Trinajstić information content (AvgIpc) is 2.46. The monoisotopic (exact) mass is 277 g/mol. The van der Waals surface area contributed by atoms with Gasteiger partial charge in [-0.05, 0) is 64.1 Å². The summed E-state index contributed by atoms with van der Waals surface area (Å²) >= 11 is 0. The topological polar surface area (TPSA) is 58.4 Å². The molecule has 2 aliphatic carbocycles. The van der Waals surface area contributed by atoms with E-state index in [9.17, 15) is 4.79 Å². The summed E-state index contributed by atoms with van der Waals surface area (Å²) in [7, 11) is 4.39. The Balaban J connectivity index is 2.01. The van der Waals surface area contributed by atoms with Crippen molar-refractivity contribution < 1.29 is 4.79 Å². The SMILES string of the molecule is CN(C)C1(C2=CC=CCC2)CCC(CNC(N)=O)CC1. The van der Waals surface area contributed by atoms with Crippen LogP contribution in [0.15, 0.2) is 23.8 Å². The van der Waals surface area contributed by atoms with Crippen molar-refractivity contribution in [1.29, 1.82) is 0 Å². The fourth-order valence-corrected chi connectivity index (χ4v) is 3.65. The molecule has 20 heavy (non-hydrogen) atoms. The number of amides is 2. The Hall–Kier alpha value is -1.29. The molecule has 0 spiro atoms. The van der Waals surface area contributed by atoms with Gasteiger partial charge in [-0.15, -0.1) is 0 Å². The smallest absolute Gasteiger partial charge is 0.312 e. The van der Waals surface area contributed by atoms with E-state index in [1.54, 1.807) is 5.57 Å². The molecule has 0 atom stereocenters. The number of rotatable bonds is 4. The Bertz CT molecular complexity index is 404. The summed E-state index contributed by atoms with van der Waals surface area (Å²) in [6, 6.07) is -0.408. The van der Waals surface area contributed by atoms with Crippen molar-refractivity contribution in [3.05, 3.63) is 23.8 Å². The van der Waals surface area contributed by atoms with Gasteiger partial charge in [0.15, 0.2) is 0 Å². The first-order chi connectivity index (χ1) is 9.54. The third kappa shape index (κ3) is 3.23. The van der Waals surface area contributed by atoms with Gasteiger partial charge in [-0.1, -0.05) is 18.2 Å². The van der Waals surface area contributed by atoms with E-state index in [-0.39, 0.29) is 5.54 Å². The van der Waals surface area contributed by atoms with Gasteiger partial charge in [-0.3, -0.25) is 4.90 Å². The molecule has 0 aliphatic heterocycles. The number of nitrogens with one attached hydrogen (secondary N) is 1. The van der Waals surface area contributed by atoms with Gasteiger partial charge >= 0.3 is 6.03 Å². The molecule has 112 valence electrons. The van der Waals surface area contributed by atoms with Gasteiger partial charge in [-0.2, -0.15) is 0 Å². The van der Waals surface area contributed by atoms with Crippen LogP contribution in [0, 0.1) is 5.92 Å². The van der Waals surface area contributed by atoms with Crippen molar-refractivity contribution in [3.63, 3.8) is 0 Å². The maximum Gasteiger partial charge on any atom is 0.312 e. The van der Waals surface area contributed by atoms with Crippen LogP contribution in [0.1, 0.15) is 38.5 Å². The fourth-order valence-electron chi connectivity index (χ4n) is 3.65. The second kappa shape index (κ2) is 6.44. The number of nitrogens with zero attached hydrogens (tertiary/aromatic N) is 1. The van der Waals surface area contributed by atoms with Crippen molar-refractivity contribution in [1.82, 2.24) is 10.2 Å². The lowest BCUT2D eigenvalue weighted by Crippen LogP contribution is -2.49. The van der Waals surface area contributed by atoms with Crippen LogP contribution in [-0.4, -0.2) is 37.1 Å². The summed E-state index contributed by atoms with van der Waals surface area (Å²) in [5.41, 5.74) is 6.94. The first kappa shape index (κ1) is 15.1. The summed E-state index contributed by atoms with van der Waals surface area (Å²) in [5, 5.41) is 2.75. The van der Waals surface area contributed by atoms with Crippen LogP contribution >= 0.6 is 0 Å². The van der Waals surface area contributed by atoms with Crippen molar-refractivity contribution in [2.24, 2.45) is 11.7 Å². The number of carbonyl (C=O) groups is 1. The molecule has 0 aromatic carbocycles. The lowest BCUT2D eigenvalue weighted by atomic mass is 9.70. The van der Waals surface area contributed by atoms with Gasteiger partial charge in [0.05, 0.1) is 0 Å². The Labute approximate surface area is 122 Å². The lowest BCUT2D eigenvalue weighted by Gasteiger charge is -2.47. The van der Waals surface area contributed by atoms with Crippen LogP contribution < -0.4 is 11.1 Å². The second-order valence-electron chi connectivity index (χ2n) is 6.27. The quantitative estimate of drug-likeness (QED) is 0.829. The van der Waals surface area contributed by atoms with E-state index in [1.807, 2.05) is 0 Å². The Morgan fingerprint density at radius 3 is 2.65 bits per heavy atom. The minimum Gasteiger partial charge on any atom is -0.352 e. The van der Waals surface area contributed by atoms with E-state index in [4.69, 9.17) is 5.73 Å². The number of urea groups is 1. The maximum atomic E-state index is 10.8. The number of likely N-dealkylation sites (N-methyl/N-ethyl adjacent to an activating group) is 1. The lowest BCUT2D eigenvalue weighted by molar-refractivity contribution is 0.110. The van der Waals surface area contributed by atoms with Crippen LogP contribution in [0.25, 0.3) is 0 Å². The normalized spacial score (nSPS) is 30.1. The van der Waals surface area contributed by atoms with Crippen LogP contribution in [0.3, 0.4) is 0 Å². The van der Waals surface area contributed by atoms with Gasteiger partial charge < -0.3 is 11.1 Å². The second-order valence-corrected chi connectivity index (χ2v) is 6.27. The number of hydrogen-bond acceptors (Lipinski definition) is 2. The Kier molecular flexibility index (Phi) is 4.86. The Morgan fingerprint density at radius 2 is 2.15 bits per heavy atom. The first-order valence-corrected chi connectivity index (χ1v) is 7.61. The van der Waals surface area contributed by atoms with Crippen molar-refractivity contribution in [2.75, 3.05) is 20.6 Å². The molecule has 2 rings (SSSR count). The summed E-state index contributed by atoms with van der Waals surface area (Å²) in [6.07, 6.45) is 13.7. The predicted molar refractivity (Wildman–Crippen MR) is 82.4 cm³/mol. The van der Waals surface area contributed by atoms with Crippen LogP contribution in [-0.2, 0) is 0 Å². The maximum absolute atomic E-state index is 10.8. The fraction of sp³-hybridized carbons (Fsp3) is 0.688. The largest absolute Gasteiger partial charge is 0.352 e. The van der Waals surface area contributed by atoms with Gasteiger partial charge in [-0.25, -0.2) is 4.79 Å². The molecular formula is C16H27N3O. The minimum atomic E-state index is -0.408. The van der Waals surface area contributed by atoms with Crippen LogP contribution in [0.4, 0.5) is 4.79 Å². The van der Waals surface area contributed by atoms with Gasteiger partial charge in [0, 0.05) is 12.1 Å². The van der Waals surface area contributed by atoms with Crippen molar-refractivity contribution in [2.45, 2.75) is 44.1 Å². The molecule has 2 aliphatic rings. The molecule has 0 bridgehead atoms. The summed E-state index contributed by atoms with van der Waals surface area (Å²) in [4.78, 5) is 13.2. The molecule has 4 heteroatoms. The van der Waals surface area contributed by atoms with E-state index in [2.05, 4.69) is 42.5 Å². The summed E-state index contributed by atoms with van der Waals surface area (Å²) in [6.45, 7) is 0.720. The highest BCUT2D eigenvalue weighted by Crippen LogP contribution is 2.42. The van der Waals surface area contributed by atoms with Gasteiger partial charge in [0.25, 0.3) is 0 Å². The van der Waals surface area contributed by atoms with E-state index in [1.165, 1.54) is 19.3 Å². The number of carbonyl (C=O) groups excluding carboxylic acids is 1. The molecule has 0 heterocycles. The minimum absolute atomic E-state index is 0.216. The first-order valence-electron chi connectivity index (χ1n) is 7.61. The standard InChI is InChI=1S/C16H27N3O/c1-19(2)16(14-6-4-3-5-7-14)10-8-13(9-11-16)12-18-15(17)20/h3-4,6,13H,5,7-12H2,1-2H3,(H3,17,18,20). The van der Waals surface area contributed by atoms with E-state index < -0.39 is 6.03 Å². The highest BCUT2D eigenvalue weighted by Gasteiger charge is 2.39. The molecule has 0 unspecified atom stereocenters. The zero-order chi connectivity index (χ0) is 14.6. The Morgan fingerprint density at radius 1 is 1.45 bits per heavy atom. The van der Waals surface area contributed by atoms with Crippen molar-refractivity contribution in [3.8, 4) is 0 Å². The molecule has 3 N–H and O–H groups in total. The molecular weight excluding hydrogens is 250 g/mol. The van der Waals surface area contributed by atoms with Crippen molar-refractivity contribution >= 4 is 6.03 Å². The molecule has 1 fully saturated rings. The highest BCUT2D eigenvalue weighted by molar-refractivity contribution is 5.71. The number of primary amides is 1. The third-order valence-electron chi connectivity index (χ3n) is 4.96. The van der Waals surface area contributed by atoms with Crippen LogP contribution in [0.2, 0.25) is 0 Å². The van der Waals surface area contributed by atoms with E-state index >= 15 is 0 Å². The third-order valence-corrected chi connectivity index (χ3v) is 4.96. The number of nitrogens with two attached hydrogens (primary N) is 1. The molecule has 0 saturated heterocycles. The average molecular weight is 277 g/mol. The molecule has 0 radical (unpaired) electrons. The zero-order valence-corrected chi connectivity index (χ0v) is 12.7. The van der Waals surface area contributed by atoms with Gasteiger partial charge in [0.1, 0.15) is 0 Å². The highest BCUT2D eigenvalue weighted by atomic mass is 16.2. The zero-order valence-electron chi connectivity index (χ0n) is 12.7. The number of hydrogen-bond donors (Lipinski definition) is 2. The van der Waals surface area contributed by atoms with Gasteiger partial charge in [0.2, 0.25) is 0 Å².